The number of ether oxygens (including phenoxy) is 1. The third-order valence-electron chi connectivity index (χ3n) is 3.45. The van der Waals surface area contributed by atoms with Crippen LogP contribution in [0.2, 0.25) is 0 Å². The zero-order valence-corrected chi connectivity index (χ0v) is 11.0. The smallest absolute Gasteiger partial charge is 0.410 e. The van der Waals surface area contributed by atoms with Crippen LogP contribution in [0.15, 0.2) is 0 Å². The molecule has 0 bridgehead atoms. The maximum Gasteiger partial charge on any atom is 0.410 e. The minimum absolute atomic E-state index is 0.0602. The Hall–Kier alpha value is -1.46. The second-order valence-corrected chi connectivity index (χ2v) is 5.98. The molecule has 0 saturated carbocycles. The average Bonchev–Trinajstić information content (AvgIpc) is 2.70. The summed E-state index contributed by atoms with van der Waals surface area (Å²) in [6.07, 6.45) is -0.410. The van der Waals surface area contributed by atoms with Crippen molar-refractivity contribution in [3.8, 4) is 0 Å². The van der Waals surface area contributed by atoms with Crippen molar-refractivity contribution >= 4 is 12.2 Å². The number of likely N-dealkylation sites (tertiary alicyclic amines) is 2. The number of carboxylic acid groups (broad SMARTS) is 1. The van der Waals surface area contributed by atoms with Gasteiger partial charge in [0.2, 0.25) is 0 Å². The van der Waals surface area contributed by atoms with Gasteiger partial charge < -0.3 is 19.6 Å². The molecule has 0 radical (unpaired) electrons. The third kappa shape index (κ3) is 2.52. The Kier molecular flexibility index (Phi) is 3.12. The molecule has 6 nitrogen and oxygen atoms in total. The quantitative estimate of drug-likeness (QED) is 0.714. The summed E-state index contributed by atoms with van der Waals surface area (Å²) in [4.78, 5) is 26.0. The average molecular weight is 256 g/mol. The molecule has 0 aromatic carbocycles. The summed E-state index contributed by atoms with van der Waals surface area (Å²) in [6, 6.07) is -0.0602. The molecule has 2 aliphatic rings. The molecule has 6 heteroatoms. The molecule has 0 spiro atoms. The zero-order valence-electron chi connectivity index (χ0n) is 11.0. The molecule has 102 valence electrons. The molecular formula is C12H20N2O4. The molecule has 0 aliphatic carbocycles. The van der Waals surface area contributed by atoms with Gasteiger partial charge in [0.05, 0.1) is 6.04 Å². The van der Waals surface area contributed by atoms with Crippen LogP contribution in [0.3, 0.4) is 0 Å². The summed E-state index contributed by atoms with van der Waals surface area (Å²) in [5.74, 6) is 0.258. The fourth-order valence-corrected chi connectivity index (χ4v) is 2.67. The van der Waals surface area contributed by atoms with Crippen LogP contribution in [0.1, 0.15) is 27.2 Å². The molecule has 2 heterocycles. The molecular weight excluding hydrogens is 236 g/mol. The van der Waals surface area contributed by atoms with Gasteiger partial charge in [-0.1, -0.05) is 0 Å². The van der Waals surface area contributed by atoms with Gasteiger partial charge in [-0.2, -0.15) is 0 Å². The lowest BCUT2D eigenvalue weighted by Crippen LogP contribution is -2.41. The van der Waals surface area contributed by atoms with E-state index in [1.54, 1.807) is 4.90 Å². The highest BCUT2D eigenvalue weighted by Gasteiger charge is 2.45. The van der Waals surface area contributed by atoms with E-state index < -0.39 is 11.7 Å². The van der Waals surface area contributed by atoms with Crippen LogP contribution < -0.4 is 0 Å². The lowest BCUT2D eigenvalue weighted by Gasteiger charge is -2.26. The normalized spacial score (nSPS) is 27.3. The number of carbonyl (C=O) groups excluding carboxylic acids is 1. The predicted molar refractivity (Wildman–Crippen MR) is 64.4 cm³/mol. The van der Waals surface area contributed by atoms with E-state index in [2.05, 4.69) is 0 Å². The van der Waals surface area contributed by atoms with Crippen molar-refractivity contribution in [3.05, 3.63) is 0 Å². The van der Waals surface area contributed by atoms with Gasteiger partial charge >= 0.3 is 12.2 Å². The van der Waals surface area contributed by atoms with Gasteiger partial charge in [-0.05, 0) is 27.2 Å². The highest BCUT2D eigenvalue weighted by Crippen LogP contribution is 2.32. The van der Waals surface area contributed by atoms with Crippen LogP contribution in [0, 0.1) is 5.92 Å². The van der Waals surface area contributed by atoms with Crippen molar-refractivity contribution < 1.29 is 19.4 Å². The van der Waals surface area contributed by atoms with Crippen LogP contribution >= 0.6 is 0 Å². The molecule has 0 aromatic rings. The standard InChI is InChI=1S/C12H20N2O4/c1-12(2,3)18-11(17)13-6-8-4-5-14(10(15)16)9(8)7-13/h8-9H,4-7H2,1-3H3,(H,15,16). The number of amides is 2. The Morgan fingerprint density at radius 2 is 1.94 bits per heavy atom. The first-order valence-electron chi connectivity index (χ1n) is 6.25. The Balaban J connectivity index is 1.97. The van der Waals surface area contributed by atoms with Gasteiger partial charge in [-0.3, -0.25) is 0 Å². The summed E-state index contributed by atoms with van der Waals surface area (Å²) in [5.41, 5.74) is -0.513. The molecule has 2 unspecified atom stereocenters. The van der Waals surface area contributed by atoms with Crippen molar-refractivity contribution in [2.75, 3.05) is 19.6 Å². The van der Waals surface area contributed by atoms with Crippen molar-refractivity contribution in [1.82, 2.24) is 9.80 Å². The highest BCUT2D eigenvalue weighted by atomic mass is 16.6. The molecule has 2 fully saturated rings. The number of fused-ring (bicyclic) bond motifs is 1. The first-order valence-corrected chi connectivity index (χ1v) is 6.25. The summed E-state index contributed by atoms with van der Waals surface area (Å²) in [7, 11) is 0. The van der Waals surface area contributed by atoms with Gasteiger partial charge in [-0.15, -0.1) is 0 Å². The lowest BCUT2D eigenvalue weighted by molar-refractivity contribution is 0.0271. The third-order valence-corrected chi connectivity index (χ3v) is 3.45. The van der Waals surface area contributed by atoms with E-state index >= 15 is 0 Å². The number of hydrogen-bond acceptors (Lipinski definition) is 3. The molecule has 2 aliphatic heterocycles. The van der Waals surface area contributed by atoms with Gasteiger partial charge in [0.1, 0.15) is 5.60 Å². The summed E-state index contributed by atoms with van der Waals surface area (Å²) in [6.45, 7) is 7.10. The van der Waals surface area contributed by atoms with Crippen LogP contribution in [-0.2, 0) is 4.74 Å². The van der Waals surface area contributed by atoms with E-state index in [4.69, 9.17) is 9.84 Å². The van der Waals surface area contributed by atoms with Crippen molar-refractivity contribution in [2.45, 2.75) is 38.8 Å². The largest absolute Gasteiger partial charge is 0.465 e. The minimum Gasteiger partial charge on any atom is -0.465 e. The Morgan fingerprint density at radius 1 is 1.28 bits per heavy atom. The maximum atomic E-state index is 11.9. The Labute approximate surface area is 106 Å². The molecule has 2 amide bonds. The number of carbonyl (C=O) groups is 2. The van der Waals surface area contributed by atoms with Crippen molar-refractivity contribution in [3.63, 3.8) is 0 Å². The Bertz CT molecular complexity index is 364. The minimum atomic E-state index is -0.895. The second kappa shape index (κ2) is 4.33. The molecule has 2 saturated heterocycles. The van der Waals surface area contributed by atoms with Gasteiger partial charge in [0.15, 0.2) is 0 Å². The molecule has 2 rings (SSSR count). The van der Waals surface area contributed by atoms with E-state index in [1.165, 1.54) is 4.90 Å². The van der Waals surface area contributed by atoms with E-state index in [-0.39, 0.29) is 18.1 Å². The van der Waals surface area contributed by atoms with Crippen LogP contribution in [-0.4, -0.2) is 58.4 Å². The number of hydrogen-bond donors (Lipinski definition) is 1. The second-order valence-electron chi connectivity index (χ2n) is 5.98. The molecule has 18 heavy (non-hydrogen) atoms. The van der Waals surface area contributed by atoms with E-state index in [9.17, 15) is 9.59 Å². The highest BCUT2D eigenvalue weighted by molar-refractivity contribution is 5.70. The predicted octanol–water partition coefficient (Wildman–Crippen LogP) is 1.61. The fraction of sp³-hybridized carbons (Fsp3) is 0.833. The first-order chi connectivity index (χ1) is 8.28. The van der Waals surface area contributed by atoms with Gasteiger partial charge in [-0.25, -0.2) is 9.59 Å². The molecule has 0 aromatic heterocycles. The zero-order chi connectivity index (χ0) is 13.5. The van der Waals surface area contributed by atoms with E-state index in [1.807, 2.05) is 20.8 Å². The number of nitrogens with zero attached hydrogens (tertiary/aromatic N) is 2. The van der Waals surface area contributed by atoms with Crippen LogP contribution in [0.4, 0.5) is 9.59 Å². The van der Waals surface area contributed by atoms with E-state index in [0.717, 1.165) is 6.42 Å². The SMILES string of the molecule is CC(C)(C)OC(=O)N1CC2CCN(C(=O)O)C2C1. The Morgan fingerprint density at radius 3 is 2.50 bits per heavy atom. The fourth-order valence-electron chi connectivity index (χ4n) is 2.67. The van der Waals surface area contributed by atoms with Crippen LogP contribution in [0.5, 0.6) is 0 Å². The van der Waals surface area contributed by atoms with Crippen LogP contribution in [0.25, 0.3) is 0 Å². The first kappa shape index (κ1) is 13.0. The monoisotopic (exact) mass is 256 g/mol. The molecule has 2 atom stereocenters. The summed E-state index contributed by atoms with van der Waals surface area (Å²) in [5, 5.41) is 9.06. The van der Waals surface area contributed by atoms with Gasteiger partial charge in [0.25, 0.3) is 0 Å². The summed E-state index contributed by atoms with van der Waals surface area (Å²) >= 11 is 0. The van der Waals surface area contributed by atoms with Crippen molar-refractivity contribution in [2.24, 2.45) is 5.92 Å². The lowest BCUT2D eigenvalue weighted by atomic mass is 10.1. The van der Waals surface area contributed by atoms with Gasteiger partial charge in [0, 0.05) is 25.6 Å². The van der Waals surface area contributed by atoms with Crippen molar-refractivity contribution in [1.29, 1.82) is 0 Å². The molecule has 1 N–H and O–H groups in total. The maximum absolute atomic E-state index is 11.9. The topological polar surface area (TPSA) is 70.1 Å². The summed E-state index contributed by atoms with van der Waals surface area (Å²) < 4.78 is 5.30. The van der Waals surface area contributed by atoms with E-state index in [0.29, 0.717) is 19.6 Å². The number of rotatable bonds is 0.